The van der Waals surface area contributed by atoms with Crippen LogP contribution in [0.5, 0.6) is 11.5 Å². The summed E-state index contributed by atoms with van der Waals surface area (Å²) in [5.74, 6) is 0.0238. The van der Waals surface area contributed by atoms with Crippen molar-refractivity contribution >= 4 is 24.0 Å². The van der Waals surface area contributed by atoms with E-state index in [0.717, 1.165) is 25.9 Å². The first kappa shape index (κ1) is 19.0. The monoisotopic (exact) mass is 345 g/mol. The van der Waals surface area contributed by atoms with Gasteiger partial charge in [0.2, 0.25) is 0 Å². The van der Waals surface area contributed by atoms with E-state index < -0.39 is 10.8 Å². The SMILES string of the molecule is COc1cc(C(=O)NC2CCNCC2)c([N+](=O)[O-])cc1OC.Cl. The third kappa shape index (κ3) is 4.46. The number of nitro groups is 1. The predicted octanol–water partition coefficient (Wildman–Crippen LogP) is 1.52. The van der Waals surface area contributed by atoms with Gasteiger partial charge in [-0.1, -0.05) is 0 Å². The minimum absolute atomic E-state index is 0. The normalized spacial score (nSPS) is 14.5. The lowest BCUT2D eigenvalue weighted by atomic mass is 10.1. The highest BCUT2D eigenvalue weighted by Crippen LogP contribution is 2.34. The molecule has 0 aliphatic carbocycles. The number of carbonyl (C=O) groups is 1. The Morgan fingerprint density at radius 1 is 1.26 bits per heavy atom. The number of rotatable bonds is 5. The Morgan fingerprint density at radius 2 is 1.83 bits per heavy atom. The zero-order valence-corrected chi connectivity index (χ0v) is 13.8. The van der Waals surface area contributed by atoms with Gasteiger partial charge in [0.05, 0.1) is 25.2 Å². The van der Waals surface area contributed by atoms with E-state index in [1.54, 1.807) is 0 Å². The van der Waals surface area contributed by atoms with Crippen LogP contribution in [0.3, 0.4) is 0 Å². The number of nitrogens with zero attached hydrogens (tertiary/aromatic N) is 1. The summed E-state index contributed by atoms with van der Waals surface area (Å²) >= 11 is 0. The highest BCUT2D eigenvalue weighted by molar-refractivity contribution is 5.99. The van der Waals surface area contributed by atoms with Gasteiger partial charge in [0.15, 0.2) is 11.5 Å². The van der Waals surface area contributed by atoms with Gasteiger partial charge in [-0.15, -0.1) is 12.4 Å². The second kappa shape index (κ2) is 8.54. The van der Waals surface area contributed by atoms with Crippen molar-refractivity contribution in [1.29, 1.82) is 0 Å². The van der Waals surface area contributed by atoms with Gasteiger partial charge in [0.1, 0.15) is 5.56 Å². The number of carbonyl (C=O) groups excluding carboxylic acids is 1. The molecule has 0 radical (unpaired) electrons. The third-order valence-corrected chi connectivity index (χ3v) is 3.62. The van der Waals surface area contributed by atoms with Crippen molar-refractivity contribution in [2.45, 2.75) is 18.9 Å². The Labute approximate surface area is 140 Å². The molecule has 9 heteroatoms. The molecule has 2 N–H and O–H groups in total. The van der Waals surface area contributed by atoms with E-state index in [9.17, 15) is 14.9 Å². The number of benzene rings is 1. The summed E-state index contributed by atoms with van der Waals surface area (Å²) in [6, 6.07) is 2.56. The second-order valence-electron chi connectivity index (χ2n) is 4.98. The molecule has 0 spiro atoms. The van der Waals surface area contributed by atoms with Crippen LogP contribution in [0.1, 0.15) is 23.2 Å². The topological polar surface area (TPSA) is 103 Å². The third-order valence-electron chi connectivity index (χ3n) is 3.62. The van der Waals surface area contributed by atoms with Gasteiger partial charge in [-0.2, -0.15) is 0 Å². The molecule has 0 saturated carbocycles. The Hall–Kier alpha value is -2.06. The maximum atomic E-state index is 12.4. The Bertz CT molecular complexity index is 576. The molecule has 128 valence electrons. The van der Waals surface area contributed by atoms with Crippen molar-refractivity contribution in [3.8, 4) is 11.5 Å². The predicted molar refractivity (Wildman–Crippen MR) is 86.8 cm³/mol. The number of amides is 1. The van der Waals surface area contributed by atoms with Crippen molar-refractivity contribution in [3.63, 3.8) is 0 Å². The van der Waals surface area contributed by atoms with Crippen LogP contribution in [0, 0.1) is 10.1 Å². The van der Waals surface area contributed by atoms with Crippen molar-refractivity contribution in [3.05, 3.63) is 27.8 Å². The summed E-state index contributed by atoms with van der Waals surface area (Å²) in [6.07, 6.45) is 1.60. The molecule has 0 unspecified atom stereocenters. The lowest BCUT2D eigenvalue weighted by Gasteiger charge is -2.23. The van der Waals surface area contributed by atoms with Crippen LogP contribution >= 0.6 is 12.4 Å². The molecule has 23 heavy (non-hydrogen) atoms. The van der Waals surface area contributed by atoms with Crippen LogP contribution in [0.25, 0.3) is 0 Å². The first-order valence-corrected chi connectivity index (χ1v) is 6.98. The smallest absolute Gasteiger partial charge is 0.286 e. The van der Waals surface area contributed by atoms with Gasteiger partial charge in [0.25, 0.3) is 11.6 Å². The average molecular weight is 346 g/mol. The minimum atomic E-state index is -0.598. The molecule has 1 aliphatic rings. The van der Waals surface area contributed by atoms with Gasteiger partial charge in [0, 0.05) is 12.1 Å². The zero-order chi connectivity index (χ0) is 16.1. The van der Waals surface area contributed by atoms with E-state index in [4.69, 9.17) is 9.47 Å². The summed E-state index contributed by atoms with van der Waals surface area (Å²) in [4.78, 5) is 23.0. The molecular formula is C14H20ClN3O5. The van der Waals surface area contributed by atoms with Gasteiger partial charge in [-0.05, 0) is 25.9 Å². The quantitative estimate of drug-likeness (QED) is 0.619. The highest BCUT2D eigenvalue weighted by Gasteiger charge is 2.26. The van der Waals surface area contributed by atoms with Gasteiger partial charge in [-0.3, -0.25) is 14.9 Å². The Balaban J connectivity index is 0.00000264. The first-order chi connectivity index (χ1) is 10.6. The molecule has 1 aromatic carbocycles. The zero-order valence-electron chi connectivity index (χ0n) is 13.0. The van der Waals surface area contributed by atoms with Crippen molar-refractivity contribution in [2.24, 2.45) is 0 Å². The number of ether oxygens (including phenoxy) is 2. The lowest BCUT2D eigenvalue weighted by molar-refractivity contribution is -0.385. The van der Waals surface area contributed by atoms with Crippen molar-refractivity contribution < 1.29 is 19.2 Å². The minimum Gasteiger partial charge on any atom is -0.493 e. The molecular weight excluding hydrogens is 326 g/mol. The van der Waals surface area contributed by atoms with Crippen LogP contribution < -0.4 is 20.1 Å². The van der Waals surface area contributed by atoms with Crippen LogP contribution in [-0.4, -0.2) is 44.2 Å². The molecule has 1 aliphatic heterocycles. The Morgan fingerprint density at radius 3 is 2.35 bits per heavy atom. The lowest BCUT2D eigenvalue weighted by Crippen LogP contribution is -2.42. The molecule has 1 amide bonds. The first-order valence-electron chi connectivity index (χ1n) is 6.98. The van der Waals surface area contributed by atoms with Crippen molar-refractivity contribution in [1.82, 2.24) is 10.6 Å². The maximum Gasteiger partial charge on any atom is 0.286 e. The van der Waals surface area contributed by atoms with Crippen LogP contribution in [0.4, 0.5) is 5.69 Å². The number of hydrogen-bond donors (Lipinski definition) is 2. The van der Waals surface area contributed by atoms with Crippen LogP contribution in [-0.2, 0) is 0 Å². The van der Waals surface area contributed by atoms with Crippen LogP contribution in [0.15, 0.2) is 12.1 Å². The van der Waals surface area contributed by atoms with E-state index in [1.165, 1.54) is 26.4 Å². The number of nitrogens with one attached hydrogen (secondary N) is 2. The van der Waals surface area contributed by atoms with E-state index in [-0.39, 0.29) is 41.2 Å². The molecule has 0 aromatic heterocycles. The molecule has 1 aromatic rings. The Kier molecular flexibility index (Phi) is 7.05. The summed E-state index contributed by atoms with van der Waals surface area (Å²) in [5, 5.41) is 17.2. The standard InChI is InChI=1S/C14H19N3O5.ClH/c1-21-12-7-10(11(17(19)20)8-13(12)22-2)14(18)16-9-3-5-15-6-4-9;/h7-9,15H,3-6H2,1-2H3,(H,16,18);1H. The number of halogens is 1. The fourth-order valence-electron chi connectivity index (χ4n) is 2.43. The van der Waals surface area contributed by atoms with Gasteiger partial charge >= 0.3 is 0 Å². The summed E-state index contributed by atoms with van der Waals surface area (Å²) in [7, 11) is 2.80. The number of methoxy groups -OCH3 is 2. The fourth-order valence-corrected chi connectivity index (χ4v) is 2.43. The number of hydrogen-bond acceptors (Lipinski definition) is 6. The van der Waals surface area contributed by atoms with E-state index in [1.807, 2.05) is 0 Å². The molecule has 1 fully saturated rings. The molecule has 2 rings (SSSR count). The molecule has 0 atom stereocenters. The van der Waals surface area contributed by atoms with E-state index in [2.05, 4.69) is 10.6 Å². The fraction of sp³-hybridized carbons (Fsp3) is 0.500. The second-order valence-corrected chi connectivity index (χ2v) is 4.98. The molecule has 1 saturated heterocycles. The van der Waals surface area contributed by atoms with E-state index in [0.29, 0.717) is 0 Å². The van der Waals surface area contributed by atoms with Gasteiger partial charge in [-0.25, -0.2) is 0 Å². The largest absolute Gasteiger partial charge is 0.493 e. The number of piperidine rings is 1. The van der Waals surface area contributed by atoms with Crippen LogP contribution in [0.2, 0.25) is 0 Å². The average Bonchev–Trinajstić information content (AvgIpc) is 2.54. The molecule has 8 nitrogen and oxygen atoms in total. The summed E-state index contributed by atoms with van der Waals surface area (Å²) < 4.78 is 10.2. The molecule has 0 bridgehead atoms. The van der Waals surface area contributed by atoms with E-state index >= 15 is 0 Å². The summed E-state index contributed by atoms with van der Waals surface area (Å²) in [6.45, 7) is 1.64. The highest BCUT2D eigenvalue weighted by atomic mass is 35.5. The molecule has 1 heterocycles. The summed E-state index contributed by atoms with van der Waals surface area (Å²) in [5.41, 5.74) is -0.328. The van der Waals surface area contributed by atoms with Crippen molar-refractivity contribution in [2.75, 3.05) is 27.3 Å². The maximum absolute atomic E-state index is 12.4. The van der Waals surface area contributed by atoms with Gasteiger partial charge < -0.3 is 20.1 Å². The number of nitro benzene ring substituents is 1.